The normalized spacial score (nSPS) is 15.9. The van der Waals surface area contributed by atoms with E-state index in [1.807, 2.05) is 42.5 Å². The second-order valence-corrected chi connectivity index (χ2v) is 9.58. The average molecular weight is 539 g/mol. The van der Waals surface area contributed by atoms with Gasteiger partial charge in [-0.1, -0.05) is 82.7 Å². The van der Waals surface area contributed by atoms with Gasteiger partial charge < -0.3 is 4.74 Å². The van der Waals surface area contributed by atoms with E-state index >= 15 is 0 Å². The highest BCUT2D eigenvalue weighted by molar-refractivity contribution is 9.10. The summed E-state index contributed by atoms with van der Waals surface area (Å²) in [4.78, 5) is 25.3. The molecule has 1 atom stereocenters. The van der Waals surface area contributed by atoms with E-state index in [4.69, 9.17) is 4.74 Å². The number of rotatable bonds is 7. The van der Waals surface area contributed by atoms with Gasteiger partial charge in [0.2, 0.25) is 5.91 Å². The van der Waals surface area contributed by atoms with Gasteiger partial charge in [0, 0.05) is 9.89 Å². The number of halogens is 1. The van der Waals surface area contributed by atoms with E-state index in [-0.39, 0.29) is 17.2 Å². The van der Waals surface area contributed by atoms with Crippen molar-refractivity contribution in [3.8, 4) is 5.75 Å². The van der Waals surface area contributed by atoms with Crippen LogP contribution < -0.4 is 10.2 Å². The predicted molar refractivity (Wildman–Crippen MR) is 143 cm³/mol. The van der Waals surface area contributed by atoms with Crippen LogP contribution in [0.2, 0.25) is 0 Å². The molecule has 1 aliphatic carbocycles. The van der Waals surface area contributed by atoms with E-state index in [1.54, 1.807) is 48.7 Å². The van der Waals surface area contributed by atoms with Crippen LogP contribution in [0, 0.1) is 5.92 Å². The molecule has 4 aromatic rings. The van der Waals surface area contributed by atoms with Gasteiger partial charge in [0.15, 0.2) is 0 Å². The Morgan fingerprint density at radius 2 is 1.50 bits per heavy atom. The molecular weight excluding hydrogens is 516 g/mol. The number of hydrazone groups is 1. The zero-order chi connectivity index (χ0) is 25.0. The molecule has 0 aliphatic heterocycles. The predicted octanol–water partition coefficient (Wildman–Crippen LogP) is 6.12. The third-order valence-corrected chi connectivity index (χ3v) is 6.89. The lowest BCUT2D eigenvalue weighted by molar-refractivity contribution is -0.122. The molecule has 1 aliphatic rings. The van der Waals surface area contributed by atoms with Crippen molar-refractivity contribution in [2.75, 3.05) is 0 Å². The van der Waals surface area contributed by atoms with Gasteiger partial charge in [-0.15, -0.1) is 0 Å². The first kappa shape index (κ1) is 23.7. The first-order valence-electron chi connectivity index (χ1n) is 11.6. The fourth-order valence-corrected chi connectivity index (χ4v) is 4.91. The molecule has 1 amide bonds. The number of benzene rings is 4. The number of carbonyl (C=O) groups is 2. The molecule has 0 heterocycles. The largest absolute Gasteiger partial charge is 0.423 e. The van der Waals surface area contributed by atoms with Crippen molar-refractivity contribution in [2.45, 2.75) is 11.8 Å². The summed E-state index contributed by atoms with van der Waals surface area (Å²) in [5.41, 5.74) is 5.86. The van der Waals surface area contributed by atoms with Crippen molar-refractivity contribution in [3.63, 3.8) is 0 Å². The monoisotopic (exact) mass is 538 g/mol. The number of amides is 1. The van der Waals surface area contributed by atoms with Crippen LogP contribution in [-0.4, -0.2) is 18.1 Å². The number of hydrogen-bond acceptors (Lipinski definition) is 4. The van der Waals surface area contributed by atoms with Crippen molar-refractivity contribution in [3.05, 3.63) is 136 Å². The van der Waals surface area contributed by atoms with Crippen LogP contribution in [0.15, 0.2) is 119 Å². The number of hydrogen-bond donors (Lipinski definition) is 1. The lowest BCUT2D eigenvalue weighted by Gasteiger charge is -2.18. The Morgan fingerprint density at radius 3 is 2.11 bits per heavy atom. The molecule has 0 unspecified atom stereocenters. The Morgan fingerprint density at radius 1 is 0.861 bits per heavy atom. The number of carbonyl (C=O) groups excluding carboxylic acids is 2. The molecule has 36 heavy (non-hydrogen) atoms. The van der Waals surface area contributed by atoms with Crippen molar-refractivity contribution in [1.29, 1.82) is 0 Å². The smallest absolute Gasteiger partial charge is 0.343 e. The summed E-state index contributed by atoms with van der Waals surface area (Å²) in [5.74, 6) is -0.317. The minimum Gasteiger partial charge on any atom is -0.423 e. The highest BCUT2D eigenvalue weighted by Crippen LogP contribution is 2.58. The maximum Gasteiger partial charge on any atom is 0.343 e. The van der Waals surface area contributed by atoms with Gasteiger partial charge in [0.05, 0.1) is 17.7 Å². The molecule has 0 aromatic heterocycles. The Bertz CT molecular complexity index is 1360. The molecule has 1 saturated carbocycles. The molecule has 5 nitrogen and oxygen atoms in total. The van der Waals surface area contributed by atoms with Crippen LogP contribution in [-0.2, 0) is 10.2 Å². The van der Waals surface area contributed by atoms with Crippen molar-refractivity contribution in [2.24, 2.45) is 11.0 Å². The topological polar surface area (TPSA) is 67.8 Å². The van der Waals surface area contributed by atoms with E-state index in [2.05, 4.69) is 50.7 Å². The first-order chi connectivity index (χ1) is 17.6. The molecule has 0 saturated heterocycles. The summed E-state index contributed by atoms with van der Waals surface area (Å²) in [7, 11) is 0. The van der Waals surface area contributed by atoms with E-state index in [1.165, 1.54) is 0 Å². The minimum atomic E-state index is -0.435. The molecule has 4 aromatic carbocycles. The summed E-state index contributed by atoms with van der Waals surface area (Å²) in [6.07, 6.45) is 2.31. The van der Waals surface area contributed by atoms with Gasteiger partial charge in [0.25, 0.3) is 0 Å². The van der Waals surface area contributed by atoms with Crippen LogP contribution in [0.3, 0.4) is 0 Å². The molecule has 1 fully saturated rings. The SMILES string of the molecule is O=C(Oc1ccc(/C=N\NC(=O)[C@H]2CC2(c2ccccc2)c2ccccc2)cc1)c1cccc(Br)c1. The molecule has 0 bridgehead atoms. The molecule has 5 rings (SSSR count). The van der Waals surface area contributed by atoms with E-state index in [9.17, 15) is 9.59 Å². The Hall–Kier alpha value is -4.03. The third-order valence-electron chi connectivity index (χ3n) is 6.39. The number of nitrogens with one attached hydrogen (secondary N) is 1. The zero-order valence-corrected chi connectivity index (χ0v) is 20.9. The lowest BCUT2D eigenvalue weighted by atomic mass is 9.85. The van der Waals surface area contributed by atoms with Crippen LogP contribution in [0.5, 0.6) is 5.75 Å². The van der Waals surface area contributed by atoms with Crippen LogP contribution >= 0.6 is 15.9 Å². The highest BCUT2D eigenvalue weighted by atomic mass is 79.9. The summed E-state index contributed by atoms with van der Waals surface area (Å²) in [6.45, 7) is 0. The summed E-state index contributed by atoms with van der Waals surface area (Å²) in [6, 6.07) is 34.2. The van der Waals surface area contributed by atoms with Crippen molar-refractivity contribution < 1.29 is 14.3 Å². The molecule has 0 radical (unpaired) electrons. The van der Waals surface area contributed by atoms with Gasteiger partial charge in [-0.2, -0.15) is 5.10 Å². The summed E-state index contributed by atoms with van der Waals surface area (Å²) < 4.78 is 6.23. The Kier molecular flexibility index (Phi) is 6.78. The summed E-state index contributed by atoms with van der Waals surface area (Å²) in [5, 5.41) is 4.17. The van der Waals surface area contributed by atoms with Crippen molar-refractivity contribution in [1.82, 2.24) is 5.43 Å². The number of nitrogens with zero attached hydrogens (tertiary/aromatic N) is 1. The Balaban J connectivity index is 1.22. The molecule has 0 spiro atoms. The third kappa shape index (κ3) is 4.99. The van der Waals surface area contributed by atoms with E-state index < -0.39 is 5.97 Å². The molecular formula is C30H23BrN2O3. The maximum atomic E-state index is 13.0. The standard InChI is InChI=1S/C30H23BrN2O3/c31-25-13-7-8-22(18-25)29(35)36-26-16-14-21(15-17-26)20-32-33-28(34)27-19-30(27,23-9-3-1-4-10-23)24-11-5-2-6-12-24/h1-18,20,27H,19H2,(H,33,34)/b32-20-/t27-/m1/s1. The van der Waals surface area contributed by atoms with Gasteiger partial charge >= 0.3 is 5.97 Å². The first-order valence-corrected chi connectivity index (χ1v) is 12.4. The fraction of sp³-hybridized carbons (Fsp3) is 0.100. The fourth-order valence-electron chi connectivity index (χ4n) is 4.51. The minimum absolute atomic E-state index is 0.112. The van der Waals surface area contributed by atoms with E-state index in [0.717, 1.165) is 27.6 Å². The van der Waals surface area contributed by atoms with Gasteiger partial charge in [0.1, 0.15) is 5.75 Å². The second-order valence-electron chi connectivity index (χ2n) is 8.66. The quantitative estimate of drug-likeness (QED) is 0.133. The number of esters is 1. The van der Waals surface area contributed by atoms with Crippen LogP contribution in [0.25, 0.3) is 0 Å². The van der Waals surface area contributed by atoms with Crippen LogP contribution in [0.4, 0.5) is 0 Å². The Labute approximate surface area is 218 Å². The van der Waals surface area contributed by atoms with Gasteiger partial charge in [-0.3, -0.25) is 4.79 Å². The molecule has 178 valence electrons. The zero-order valence-electron chi connectivity index (χ0n) is 19.3. The van der Waals surface area contributed by atoms with Crippen LogP contribution in [0.1, 0.15) is 33.5 Å². The van der Waals surface area contributed by atoms with E-state index in [0.29, 0.717) is 11.3 Å². The second kappa shape index (κ2) is 10.3. The molecule has 1 N–H and O–H groups in total. The van der Waals surface area contributed by atoms with Gasteiger partial charge in [-0.05, 0) is 65.6 Å². The molecule has 6 heteroatoms. The van der Waals surface area contributed by atoms with Gasteiger partial charge in [-0.25, -0.2) is 10.2 Å². The summed E-state index contributed by atoms with van der Waals surface area (Å²) >= 11 is 3.35. The average Bonchev–Trinajstić information content (AvgIpc) is 3.68. The number of ether oxygens (including phenoxy) is 1. The maximum absolute atomic E-state index is 13.0. The van der Waals surface area contributed by atoms with Crippen molar-refractivity contribution >= 4 is 34.0 Å². The lowest BCUT2D eigenvalue weighted by Crippen LogP contribution is -2.25. The highest BCUT2D eigenvalue weighted by Gasteiger charge is 2.60.